The van der Waals surface area contributed by atoms with Crippen LogP contribution in [0, 0.1) is 5.92 Å². The van der Waals surface area contributed by atoms with Gasteiger partial charge in [0.05, 0.1) is 0 Å². The van der Waals surface area contributed by atoms with Crippen molar-refractivity contribution in [2.45, 2.75) is 32.2 Å². The molecule has 0 heterocycles. The summed E-state index contributed by atoms with van der Waals surface area (Å²) in [5.74, 6) is 1.04. The van der Waals surface area contributed by atoms with Crippen LogP contribution in [0.3, 0.4) is 0 Å². The van der Waals surface area contributed by atoms with Gasteiger partial charge in [-0.05, 0) is 29.9 Å². The molecule has 1 nitrogen and oxygen atoms in total. The molecule has 0 amide bonds. The van der Waals surface area contributed by atoms with E-state index in [2.05, 4.69) is 36.2 Å². The van der Waals surface area contributed by atoms with Gasteiger partial charge in [-0.15, -0.1) is 6.58 Å². The summed E-state index contributed by atoms with van der Waals surface area (Å²) in [6.07, 6.45) is 7.45. The van der Waals surface area contributed by atoms with Gasteiger partial charge in [-0.2, -0.15) is 0 Å². The van der Waals surface area contributed by atoms with Gasteiger partial charge in [-0.1, -0.05) is 43.2 Å². The Bertz CT molecular complexity index is 322. The van der Waals surface area contributed by atoms with Crippen LogP contribution in [-0.2, 0) is 13.0 Å². The summed E-state index contributed by atoms with van der Waals surface area (Å²) in [4.78, 5) is 0. The highest BCUT2D eigenvalue weighted by molar-refractivity contribution is 5.22. The maximum Gasteiger partial charge on any atom is 0.0208 e. The molecule has 0 unspecified atom stereocenters. The molecule has 0 aliphatic heterocycles. The van der Waals surface area contributed by atoms with Crippen LogP contribution in [0.4, 0.5) is 0 Å². The van der Waals surface area contributed by atoms with Gasteiger partial charge in [0.2, 0.25) is 0 Å². The van der Waals surface area contributed by atoms with Crippen LogP contribution in [0.5, 0.6) is 0 Å². The highest BCUT2D eigenvalue weighted by atomic mass is 14.8. The second kappa shape index (κ2) is 5.86. The zero-order valence-electron chi connectivity index (χ0n) is 9.91. The highest BCUT2D eigenvalue weighted by Crippen LogP contribution is 2.33. The molecule has 1 heteroatoms. The van der Waals surface area contributed by atoms with E-state index in [9.17, 15) is 0 Å². The van der Waals surface area contributed by atoms with Crippen LogP contribution < -0.4 is 5.32 Å². The van der Waals surface area contributed by atoms with Crippen LogP contribution in [0.2, 0.25) is 0 Å². The largest absolute Gasteiger partial charge is 0.309 e. The molecule has 0 saturated heterocycles. The van der Waals surface area contributed by atoms with E-state index < -0.39 is 0 Å². The summed E-state index contributed by atoms with van der Waals surface area (Å²) in [6.45, 7) is 5.51. The molecule has 1 aliphatic rings. The molecule has 16 heavy (non-hydrogen) atoms. The number of benzene rings is 1. The highest BCUT2D eigenvalue weighted by Gasteiger charge is 2.20. The fourth-order valence-electron chi connectivity index (χ4n) is 1.92. The topological polar surface area (TPSA) is 12.0 Å². The van der Waals surface area contributed by atoms with Gasteiger partial charge in [0.25, 0.3) is 0 Å². The zero-order chi connectivity index (χ0) is 11.2. The van der Waals surface area contributed by atoms with Crippen LogP contribution in [0.25, 0.3) is 0 Å². The van der Waals surface area contributed by atoms with E-state index in [1.54, 1.807) is 0 Å². The number of hydrogen-bond acceptors (Lipinski definition) is 1. The van der Waals surface area contributed by atoms with Crippen LogP contribution in [0.1, 0.15) is 30.4 Å². The molecule has 1 aromatic rings. The molecule has 1 fully saturated rings. The lowest BCUT2D eigenvalue weighted by Gasteiger charge is -2.04. The minimum atomic E-state index is 0.878. The van der Waals surface area contributed by atoms with Gasteiger partial charge in [0.1, 0.15) is 0 Å². The molecule has 0 radical (unpaired) electrons. The number of hydrogen-bond donors (Lipinski definition) is 1. The third kappa shape index (κ3) is 3.82. The lowest BCUT2D eigenvalue weighted by molar-refractivity contribution is 0.725. The first kappa shape index (κ1) is 11.4. The van der Waals surface area contributed by atoms with Crippen molar-refractivity contribution in [1.29, 1.82) is 0 Å². The molecular formula is C15H21N. The smallest absolute Gasteiger partial charge is 0.0208 e. The maximum absolute atomic E-state index is 3.69. The van der Waals surface area contributed by atoms with E-state index in [0.717, 1.165) is 19.0 Å². The summed E-state index contributed by atoms with van der Waals surface area (Å²) in [7, 11) is 0. The average Bonchev–Trinajstić information content (AvgIpc) is 3.12. The van der Waals surface area contributed by atoms with Crippen molar-refractivity contribution in [3.63, 3.8) is 0 Å². The summed E-state index contributed by atoms with van der Waals surface area (Å²) >= 11 is 0. The summed E-state index contributed by atoms with van der Waals surface area (Å²) < 4.78 is 0. The van der Waals surface area contributed by atoms with E-state index >= 15 is 0 Å². The third-order valence-corrected chi connectivity index (χ3v) is 3.18. The van der Waals surface area contributed by atoms with Gasteiger partial charge in [-0.3, -0.25) is 0 Å². The minimum Gasteiger partial charge on any atom is -0.309 e. The molecule has 1 aromatic carbocycles. The molecule has 86 valence electrons. The van der Waals surface area contributed by atoms with Gasteiger partial charge < -0.3 is 5.32 Å². The Morgan fingerprint density at radius 2 is 1.88 bits per heavy atom. The monoisotopic (exact) mass is 215 g/mol. The minimum absolute atomic E-state index is 0.878. The molecular weight excluding hydrogens is 194 g/mol. The molecule has 0 bridgehead atoms. The first-order chi connectivity index (χ1) is 7.88. The molecule has 2 rings (SSSR count). The first-order valence-corrected chi connectivity index (χ1v) is 6.28. The quantitative estimate of drug-likeness (QED) is 0.543. The molecule has 0 atom stereocenters. The van der Waals surface area contributed by atoms with Crippen molar-refractivity contribution in [2.24, 2.45) is 5.92 Å². The van der Waals surface area contributed by atoms with Crippen LogP contribution in [0.15, 0.2) is 36.9 Å². The van der Waals surface area contributed by atoms with Crippen LogP contribution >= 0.6 is 0 Å². The van der Waals surface area contributed by atoms with Crippen molar-refractivity contribution < 1.29 is 0 Å². The van der Waals surface area contributed by atoms with E-state index in [1.807, 2.05) is 6.08 Å². The normalized spacial score (nSPS) is 15.0. The first-order valence-electron chi connectivity index (χ1n) is 6.28. The third-order valence-electron chi connectivity index (χ3n) is 3.18. The van der Waals surface area contributed by atoms with Crippen molar-refractivity contribution in [2.75, 3.05) is 6.54 Å². The Kier molecular flexibility index (Phi) is 4.17. The predicted octanol–water partition coefficient (Wildman–Crippen LogP) is 3.30. The lowest BCUT2D eigenvalue weighted by Crippen LogP contribution is -2.12. The molecule has 1 saturated carbocycles. The van der Waals surface area contributed by atoms with E-state index in [0.29, 0.717) is 0 Å². The van der Waals surface area contributed by atoms with Gasteiger partial charge in [-0.25, -0.2) is 0 Å². The van der Waals surface area contributed by atoms with E-state index in [4.69, 9.17) is 0 Å². The average molecular weight is 215 g/mol. The summed E-state index contributed by atoms with van der Waals surface area (Å²) in [5.41, 5.74) is 2.84. The van der Waals surface area contributed by atoms with E-state index in [-0.39, 0.29) is 0 Å². The van der Waals surface area contributed by atoms with Crippen molar-refractivity contribution >= 4 is 0 Å². The predicted molar refractivity (Wildman–Crippen MR) is 69.4 cm³/mol. The Hall–Kier alpha value is -1.08. The van der Waals surface area contributed by atoms with Crippen molar-refractivity contribution in [3.05, 3.63) is 48.0 Å². The standard InChI is InChI=1S/C15H21N/c1-2-11-16-12-15-9-7-14(8-10-15)6-5-13-3-4-13/h2,7-10,13,16H,1,3-6,11-12H2. The van der Waals surface area contributed by atoms with E-state index in [1.165, 1.54) is 36.8 Å². The lowest BCUT2D eigenvalue weighted by atomic mass is 10.1. The molecule has 1 aliphatic carbocycles. The molecule has 0 spiro atoms. The Labute approximate surface area is 98.6 Å². The Morgan fingerprint density at radius 3 is 2.50 bits per heavy atom. The molecule has 0 aromatic heterocycles. The SMILES string of the molecule is C=CCNCc1ccc(CCC2CC2)cc1. The van der Waals surface area contributed by atoms with Crippen LogP contribution in [-0.4, -0.2) is 6.54 Å². The zero-order valence-corrected chi connectivity index (χ0v) is 9.91. The Balaban J connectivity index is 1.76. The summed E-state index contributed by atoms with van der Waals surface area (Å²) in [6, 6.07) is 9.01. The molecule has 1 N–H and O–H groups in total. The fraction of sp³-hybridized carbons (Fsp3) is 0.467. The summed E-state index contributed by atoms with van der Waals surface area (Å²) in [5, 5.41) is 3.31. The number of nitrogens with one attached hydrogen (secondary N) is 1. The van der Waals surface area contributed by atoms with Gasteiger partial charge in [0.15, 0.2) is 0 Å². The maximum atomic E-state index is 3.69. The van der Waals surface area contributed by atoms with Crippen molar-refractivity contribution in [3.8, 4) is 0 Å². The number of rotatable bonds is 7. The van der Waals surface area contributed by atoms with Gasteiger partial charge >= 0.3 is 0 Å². The van der Waals surface area contributed by atoms with Crippen molar-refractivity contribution in [1.82, 2.24) is 5.32 Å². The Morgan fingerprint density at radius 1 is 1.19 bits per heavy atom. The second-order valence-corrected chi connectivity index (χ2v) is 4.72. The fourth-order valence-corrected chi connectivity index (χ4v) is 1.92. The second-order valence-electron chi connectivity index (χ2n) is 4.72. The number of aryl methyl sites for hydroxylation is 1. The van der Waals surface area contributed by atoms with Gasteiger partial charge in [0, 0.05) is 13.1 Å².